The SMILES string of the molecule is CC(C)NCCC1CC1c1ccccc1. The van der Waals surface area contributed by atoms with Gasteiger partial charge >= 0.3 is 0 Å². The molecule has 2 atom stereocenters. The smallest absolute Gasteiger partial charge is 0.00103 e. The van der Waals surface area contributed by atoms with Crippen LogP contribution >= 0.6 is 0 Å². The number of benzene rings is 1. The summed E-state index contributed by atoms with van der Waals surface area (Å²) in [6.07, 6.45) is 2.72. The van der Waals surface area contributed by atoms with E-state index in [9.17, 15) is 0 Å². The highest BCUT2D eigenvalue weighted by atomic mass is 14.9. The number of nitrogens with one attached hydrogen (secondary N) is 1. The zero-order chi connectivity index (χ0) is 10.7. The third kappa shape index (κ3) is 3.07. The third-order valence-electron chi connectivity index (χ3n) is 3.22. The lowest BCUT2D eigenvalue weighted by Gasteiger charge is -2.07. The van der Waals surface area contributed by atoms with Gasteiger partial charge in [0.05, 0.1) is 0 Å². The van der Waals surface area contributed by atoms with Gasteiger partial charge in [0.1, 0.15) is 0 Å². The van der Waals surface area contributed by atoms with Crippen LogP contribution in [-0.2, 0) is 0 Å². The predicted octanol–water partition coefficient (Wildman–Crippen LogP) is 3.18. The lowest BCUT2D eigenvalue weighted by molar-refractivity contribution is 0.546. The van der Waals surface area contributed by atoms with Crippen LogP contribution in [0.15, 0.2) is 30.3 Å². The Labute approximate surface area is 92.9 Å². The Hall–Kier alpha value is -0.820. The fraction of sp³-hybridized carbons (Fsp3) is 0.571. The second-order valence-electron chi connectivity index (χ2n) is 4.91. The fourth-order valence-corrected chi connectivity index (χ4v) is 2.23. The first-order valence-corrected chi connectivity index (χ1v) is 6.05. The Bertz CT molecular complexity index is 291. The molecule has 2 rings (SSSR count). The third-order valence-corrected chi connectivity index (χ3v) is 3.22. The van der Waals surface area contributed by atoms with E-state index >= 15 is 0 Å². The lowest BCUT2D eigenvalue weighted by Crippen LogP contribution is -2.23. The summed E-state index contributed by atoms with van der Waals surface area (Å²) in [6, 6.07) is 11.6. The Kier molecular flexibility index (Phi) is 3.42. The Morgan fingerprint density at radius 2 is 2.00 bits per heavy atom. The van der Waals surface area contributed by atoms with Crippen molar-refractivity contribution in [2.45, 2.75) is 38.6 Å². The van der Waals surface area contributed by atoms with Gasteiger partial charge in [0.25, 0.3) is 0 Å². The zero-order valence-corrected chi connectivity index (χ0v) is 9.74. The number of hydrogen-bond acceptors (Lipinski definition) is 1. The Morgan fingerprint density at radius 3 is 2.67 bits per heavy atom. The second-order valence-corrected chi connectivity index (χ2v) is 4.91. The summed E-state index contributed by atoms with van der Waals surface area (Å²) in [4.78, 5) is 0. The molecular weight excluding hydrogens is 182 g/mol. The van der Waals surface area contributed by atoms with Crippen molar-refractivity contribution in [3.8, 4) is 0 Å². The molecule has 15 heavy (non-hydrogen) atoms. The highest BCUT2D eigenvalue weighted by Crippen LogP contribution is 2.49. The van der Waals surface area contributed by atoms with Crippen LogP contribution in [0.5, 0.6) is 0 Å². The van der Waals surface area contributed by atoms with Crippen molar-refractivity contribution in [3.63, 3.8) is 0 Å². The molecule has 1 fully saturated rings. The molecular formula is C14H21N. The van der Waals surface area contributed by atoms with E-state index in [1.54, 1.807) is 0 Å². The molecule has 0 spiro atoms. The van der Waals surface area contributed by atoms with Crippen LogP contribution in [-0.4, -0.2) is 12.6 Å². The maximum Gasteiger partial charge on any atom is 0.00103 e. The molecule has 0 saturated heterocycles. The van der Waals surface area contributed by atoms with Crippen LogP contribution in [0.2, 0.25) is 0 Å². The molecule has 1 saturated carbocycles. The highest BCUT2D eigenvalue weighted by molar-refractivity contribution is 5.25. The van der Waals surface area contributed by atoms with E-state index in [-0.39, 0.29) is 0 Å². The van der Waals surface area contributed by atoms with Gasteiger partial charge in [-0.2, -0.15) is 0 Å². The van der Waals surface area contributed by atoms with E-state index < -0.39 is 0 Å². The minimum absolute atomic E-state index is 0.624. The van der Waals surface area contributed by atoms with E-state index in [2.05, 4.69) is 49.5 Å². The first kappa shape index (κ1) is 10.7. The topological polar surface area (TPSA) is 12.0 Å². The number of hydrogen-bond donors (Lipinski definition) is 1. The summed E-state index contributed by atoms with van der Waals surface area (Å²) >= 11 is 0. The molecule has 1 aliphatic rings. The first-order valence-electron chi connectivity index (χ1n) is 6.05. The summed E-state index contributed by atoms with van der Waals surface area (Å²) in [6.45, 7) is 5.59. The number of rotatable bonds is 5. The minimum atomic E-state index is 0.624. The van der Waals surface area contributed by atoms with Crippen molar-refractivity contribution in [1.82, 2.24) is 5.32 Å². The maximum atomic E-state index is 3.49. The molecule has 0 radical (unpaired) electrons. The van der Waals surface area contributed by atoms with Crippen LogP contribution in [0.4, 0.5) is 0 Å². The molecule has 1 N–H and O–H groups in total. The quantitative estimate of drug-likeness (QED) is 0.775. The van der Waals surface area contributed by atoms with Crippen LogP contribution in [0.3, 0.4) is 0 Å². The van der Waals surface area contributed by atoms with Gasteiger partial charge < -0.3 is 5.32 Å². The monoisotopic (exact) mass is 203 g/mol. The van der Waals surface area contributed by atoms with Crippen LogP contribution in [0, 0.1) is 5.92 Å². The van der Waals surface area contributed by atoms with Crippen molar-refractivity contribution in [2.24, 2.45) is 5.92 Å². The van der Waals surface area contributed by atoms with Gasteiger partial charge in [-0.05, 0) is 36.8 Å². The van der Waals surface area contributed by atoms with E-state index in [4.69, 9.17) is 0 Å². The van der Waals surface area contributed by atoms with Gasteiger partial charge in [0, 0.05) is 6.04 Å². The maximum absolute atomic E-state index is 3.49. The molecule has 0 aromatic heterocycles. The average Bonchev–Trinajstić information content (AvgIpc) is 2.98. The van der Waals surface area contributed by atoms with E-state index in [0.717, 1.165) is 11.8 Å². The fourth-order valence-electron chi connectivity index (χ4n) is 2.23. The van der Waals surface area contributed by atoms with E-state index in [1.165, 1.54) is 24.9 Å². The van der Waals surface area contributed by atoms with Crippen molar-refractivity contribution in [3.05, 3.63) is 35.9 Å². The van der Waals surface area contributed by atoms with Gasteiger partial charge in [-0.25, -0.2) is 0 Å². The summed E-state index contributed by atoms with van der Waals surface area (Å²) in [7, 11) is 0. The van der Waals surface area contributed by atoms with Crippen molar-refractivity contribution >= 4 is 0 Å². The normalized spacial score (nSPS) is 24.5. The summed E-state index contributed by atoms with van der Waals surface area (Å²) in [5.74, 6) is 1.78. The predicted molar refractivity (Wildman–Crippen MR) is 65.0 cm³/mol. The minimum Gasteiger partial charge on any atom is -0.315 e. The van der Waals surface area contributed by atoms with E-state index in [1.807, 2.05) is 0 Å². The van der Waals surface area contributed by atoms with E-state index in [0.29, 0.717) is 6.04 Å². The summed E-state index contributed by atoms with van der Waals surface area (Å²) < 4.78 is 0. The molecule has 2 unspecified atom stereocenters. The van der Waals surface area contributed by atoms with Crippen LogP contribution < -0.4 is 5.32 Å². The molecule has 82 valence electrons. The average molecular weight is 203 g/mol. The van der Waals surface area contributed by atoms with Gasteiger partial charge in [-0.3, -0.25) is 0 Å². The molecule has 1 aliphatic carbocycles. The van der Waals surface area contributed by atoms with Gasteiger partial charge in [-0.1, -0.05) is 44.2 Å². The van der Waals surface area contributed by atoms with Gasteiger partial charge in [0.2, 0.25) is 0 Å². The summed E-state index contributed by atoms with van der Waals surface area (Å²) in [5, 5.41) is 3.49. The molecule has 1 nitrogen and oxygen atoms in total. The lowest BCUT2D eigenvalue weighted by atomic mass is 10.1. The van der Waals surface area contributed by atoms with Gasteiger partial charge in [0.15, 0.2) is 0 Å². The van der Waals surface area contributed by atoms with Crippen LogP contribution in [0.25, 0.3) is 0 Å². The largest absolute Gasteiger partial charge is 0.315 e. The van der Waals surface area contributed by atoms with Crippen molar-refractivity contribution < 1.29 is 0 Å². The van der Waals surface area contributed by atoms with Crippen LogP contribution in [0.1, 0.15) is 38.2 Å². The molecule has 0 aliphatic heterocycles. The molecule has 1 heteroatoms. The molecule has 0 bridgehead atoms. The molecule has 1 aromatic carbocycles. The van der Waals surface area contributed by atoms with Crippen molar-refractivity contribution in [2.75, 3.05) is 6.54 Å². The molecule has 0 amide bonds. The molecule has 1 aromatic rings. The second kappa shape index (κ2) is 4.80. The zero-order valence-electron chi connectivity index (χ0n) is 9.74. The highest BCUT2D eigenvalue weighted by Gasteiger charge is 2.37. The van der Waals surface area contributed by atoms with Gasteiger partial charge in [-0.15, -0.1) is 0 Å². The van der Waals surface area contributed by atoms with Crippen molar-refractivity contribution in [1.29, 1.82) is 0 Å². The Balaban J connectivity index is 1.72. The standard InChI is InChI=1S/C14H21N/c1-11(2)15-9-8-13-10-14(13)12-6-4-3-5-7-12/h3-7,11,13-15H,8-10H2,1-2H3. The molecule has 0 heterocycles. The first-order chi connectivity index (χ1) is 7.27. The Morgan fingerprint density at radius 1 is 1.27 bits per heavy atom. The summed E-state index contributed by atoms with van der Waals surface area (Å²) in [5.41, 5.74) is 1.53.